The van der Waals surface area contributed by atoms with E-state index in [2.05, 4.69) is 15.5 Å². The van der Waals surface area contributed by atoms with E-state index in [4.69, 9.17) is 16.1 Å². The molecule has 0 saturated carbocycles. The topological polar surface area (TPSA) is 68.0 Å². The number of halogens is 1. The highest BCUT2D eigenvalue weighted by molar-refractivity contribution is 6.31. The van der Waals surface area contributed by atoms with Gasteiger partial charge in [0.15, 0.2) is 0 Å². The molecule has 0 atom stereocenters. The van der Waals surface area contributed by atoms with Gasteiger partial charge < -0.3 is 9.84 Å². The molecule has 0 unspecified atom stereocenters. The number of carbonyl (C=O) groups excluding carboxylic acids is 1. The largest absolute Gasteiger partial charge is 0.349 e. The molecule has 0 aliphatic heterocycles. The van der Waals surface area contributed by atoms with Crippen molar-refractivity contribution in [3.8, 4) is 11.5 Å². The molecule has 116 valence electrons. The molecule has 0 saturated heterocycles. The van der Waals surface area contributed by atoms with Gasteiger partial charge in [-0.15, -0.1) is 0 Å². The number of carbonyl (C=O) groups is 1. The third kappa shape index (κ3) is 3.76. The first-order valence-electron chi connectivity index (χ1n) is 7.15. The Bertz CT molecular complexity index is 802. The van der Waals surface area contributed by atoms with Gasteiger partial charge in [-0.25, -0.2) is 0 Å². The molecular formula is C17H14ClN3O2. The fourth-order valence-electron chi connectivity index (χ4n) is 2.10. The predicted octanol–water partition coefficient (Wildman–Crippen LogP) is 3.36. The minimum absolute atomic E-state index is 0.0167. The van der Waals surface area contributed by atoms with Crippen molar-refractivity contribution in [2.24, 2.45) is 0 Å². The summed E-state index contributed by atoms with van der Waals surface area (Å²) in [7, 11) is 0. The average Bonchev–Trinajstić information content (AvgIpc) is 3.07. The molecule has 0 fully saturated rings. The molecule has 3 aromatic rings. The summed E-state index contributed by atoms with van der Waals surface area (Å²) >= 11 is 6.08. The van der Waals surface area contributed by atoms with Crippen LogP contribution in [-0.2, 0) is 6.42 Å². The molecule has 1 heterocycles. The van der Waals surface area contributed by atoms with Gasteiger partial charge in [-0.2, -0.15) is 4.98 Å². The summed E-state index contributed by atoms with van der Waals surface area (Å²) in [6.45, 7) is 0.442. The molecule has 1 N–H and O–H groups in total. The van der Waals surface area contributed by atoms with E-state index in [9.17, 15) is 4.79 Å². The molecule has 23 heavy (non-hydrogen) atoms. The zero-order valence-corrected chi connectivity index (χ0v) is 13.0. The smallest absolute Gasteiger partial charge is 0.292 e. The maximum atomic E-state index is 12.0. The van der Waals surface area contributed by atoms with Gasteiger partial charge in [0.2, 0.25) is 0 Å². The van der Waals surface area contributed by atoms with E-state index in [0.717, 1.165) is 11.1 Å². The number of benzene rings is 2. The van der Waals surface area contributed by atoms with Crippen molar-refractivity contribution in [1.82, 2.24) is 15.5 Å². The lowest BCUT2D eigenvalue weighted by Gasteiger charge is -2.04. The molecular weight excluding hydrogens is 314 g/mol. The molecule has 5 nitrogen and oxygen atoms in total. The molecule has 1 amide bonds. The molecule has 3 rings (SSSR count). The summed E-state index contributed by atoms with van der Waals surface area (Å²) in [6, 6.07) is 16.8. The highest BCUT2D eigenvalue weighted by Crippen LogP contribution is 2.16. The molecule has 1 aromatic heterocycles. The van der Waals surface area contributed by atoms with E-state index in [1.165, 1.54) is 0 Å². The highest BCUT2D eigenvalue weighted by atomic mass is 35.5. The van der Waals surface area contributed by atoms with Crippen LogP contribution in [0.15, 0.2) is 59.1 Å². The van der Waals surface area contributed by atoms with Crippen LogP contribution in [-0.4, -0.2) is 22.6 Å². The lowest BCUT2D eigenvalue weighted by Crippen LogP contribution is -2.26. The molecule has 0 bridgehead atoms. The van der Waals surface area contributed by atoms with Crippen molar-refractivity contribution in [1.29, 1.82) is 0 Å². The Balaban J connectivity index is 1.59. The van der Waals surface area contributed by atoms with Crippen molar-refractivity contribution >= 4 is 17.5 Å². The third-order valence-corrected chi connectivity index (χ3v) is 3.66. The number of aromatic nitrogens is 2. The van der Waals surface area contributed by atoms with Crippen LogP contribution in [0, 0.1) is 0 Å². The zero-order valence-electron chi connectivity index (χ0n) is 12.2. The van der Waals surface area contributed by atoms with Gasteiger partial charge in [0.05, 0.1) is 0 Å². The van der Waals surface area contributed by atoms with Gasteiger partial charge in [0.1, 0.15) is 0 Å². The average molecular weight is 328 g/mol. The summed E-state index contributed by atoms with van der Waals surface area (Å²) < 4.78 is 5.11. The van der Waals surface area contributed by atoms with Crippen LogP contribution in [0.1, 0.15) is 16.2 Å². The normalized spacial score (nSPS) is 10.5. The van der Waals surface area contributed by atoms with Crippen LogP contribution in [0.25, 0.3) is 11.5 Å². The van der Waals surface area contributed by atoms with E-state index in [1.54, 1.807) is 0 Å². The second kappa shape index (κ2) is 7.07. The second-order valence-corrected chi connectivity index (χ2v) is 5.29. The van der Waals surface area contributed by atoms with Crippen molar-refractivity contribution in [3.63, 3.8) is 0 Å². The standard InChI is InChI=1S/C17H14ClN3O2/c18-14-9-5-4-6-12(14)10-11-19-16(22)15-20-17(23-21-15)13-7-2-1-3-8-13/h1-9H,10-11H2,(H,19,22). The Morgan fingerprint density at radius 2 is 1.83 bits per heavy atom. The Kier molecular flexibility index (Phi) is 4.68. The number of nitrogens with one attached hydrogen (secondary N) is 1. The van der Waals surface area contributed by atoms with Crippen LogP contribution in [0.5, 0.6) is 0 Å². The van der Waals surface area contributed by atoms with Crippen LogP contribution in [0.3, 0.4) is 0 Å². The third-order valence-electron chi connectivity index (χ3n) is 3.29. The zero-order chi connectivity index (χ0) is 16.1. The first kappa shape index (κ1) is 15.2. The number of hydrogen-bond acceptors (Lipinski definition) is 4. The number of rotatable bonds is 5. The van der Waals surface area contributed by atoms with Crippen molar-refractivity contribution in [2.45, 2.75) is 6.42 Å². The predicted molar refractivity (Wildman–Crippen MR) is 87.2 cm³/mol. The Morgan fingerprint density at radius 1 is 1.09 bits per heavy atom. The Labute approximate surface area is 138 Å². The summed E-state index contributed by atoms with van der Waals surface area (Å²) in [5, 5.41) is 7.16. The molecule has 0 aliphatic carbocycles. The molecule has 0 spiro atoms. The minimum atomic E-state index is -0.372. The second-order valence-electron chi connectivity index (χ2n) is 4.89. The maximum absolute atomic E-state index is 12.0. The Morgan fingerprint density at radius 3 is 2.61 bits per heavy atom. The van der Waals surface area contributed by atoms with Crippen LogP contribution < -0.4 is 5.32 Å². The lowest BCUT2D eigenvalue weighted by molar-refractivity contribution is 0.0941. The fraction of sp³-hybridized carbons (Fsp3) is 0.118. The van der Waals surface area contributed by atoms with Gasteiger partial charge in [-0.3, -0.25) is 4.79 Å². The van der Waals surface area contributed by atoms with E-state index in [-0.39, 0.29) is 11.7 Å². The first-order chi connectivity index (χ1) is 11.2. The SMILES string of the molecule is O=C(NCCc1ccccc1Cl)c1noc(-c2ccccc2)n1. The Hall–Kier alpha value is -2.66. The molecule has 0 aliphatic rings. The number of amides is 1. The molecule has 2 aromatic carbocycles. The van der Waals surface area contributed by atoms with E-state index < -0.39 is 0 Å². The summed E-state index contributed by atoms with van der Waals surface area (Å²) in [5.74, 6) is -0.0344. The van der Waals surface area contributed by atoms with E-state index >= 15 is 0 Å². The van der Waals surface area contributed by atoms with Gasteiger partial charge >= 0.3 is 0 Å². The monoisotopic (exact) mass is 327 g/mol. The van der Waals surface area contributed by atoms with E-state index in [1.807, 2.05) is 54.6 Å². The molecule has 6 heteroatoms. The first-order valence-corrected chi connectivity index (χ1v) is 7.52. The van der Waals surface area contributed by atoms with Crippen molar-refractivity contribution < 1.29 is 9.32 Å². The highest BCUT2D eigenvalue weighted by Gasteiger charge is 2.15. The van der Waals surface area contributed by atoms with E-state index in [0.29, 0.717) is 23.9 Å². The van der Waals surface area contributed by atoms with Gasteiger partial charge in [-0.05, 0) is 30.2 Å². The van der Waals surface area contributed by atoms with Gasteiger partial charge in [-0.1, -0.05) is 53.2 Å². The number of hydrogen-bond donors (Lipinski definition) is 1. The van der Waals surface area contributed by atoms with Crippen LogP contribution in [0.2, 0.25) is 5.02 Å². The van der Waals surface area contributed by atoms with Crippen LogP contribution in [0.4, 0.5) is 0 Å². The lowest BCUT2D eigenvalue weighted by atomic mass is 10.1. The maximum Gasteiger partial charge on any atom is 0.292 e. The fourth-order valence-corrected chi connectivity index (χ4v) is 2.33. The summed E-state index contributed by atoms with van der Waals surface area (Å²) in [4.78, 5) is 16.1. The van der Waals surface area contributed by atoms with Gasteiger partial charge in [0.25, 0.3) is 17.6 Å². The minimum Gasteiger partial charge on any atom is -0.349 e. The summed E-state index contributed by atoms with van der Waals surface area (Å²) in [6.07, 6.45) is 0.634. The van der Waals surface area contributed by atoms with Gasteiger partial charge in [0, 0.05) is 17.1 Å². The van der Waals surface area contributed by atoms with Crippen LogP contribution >= 0.6 is 11.6 Å². The summed E-state index contributed by atoms with van der Waals surface area (Å²) in [5.41, 5.74) is 1.75. The van der Waals surface area contributed by atoms with Crippen molar-refractivity contribution in [3.05, 3.63) is 71.0 Å². The molecule has 0 radical (unpaired) electrons. The van der Waals surface area contributed by atoms with Crippen molar-refractivity contribution in [2.75, 3.05) is 6.54 Å². The quantitative estimate of drug-likeness (QED) is 0.780. The number of nitrogens with zero attached hydrogens (tertiary/aromatic N) is 2.